The highest BCUT2D eigenvalue weighted by atomic mass is 19.1. The summed E-state index contributed by atoms with van der Waals surface area (Å²) >= 11 is 0. The van der Waals surface area contributed by atoms with Gasteiger partial charge in [0, 0.05) is 18.7 Å². The Morgan fingerprint density at radius 3 is 2.40 bits per heavy atom. The molecule has 0 unspecified atom stereocenters. The predicted octanol–water partition coefficient (Wildman–Crippen LogP) is 3.95. The second-order valence-electron chi connectivity index (χ2n) is 6.90. The number of halogens is 1. The van der Waals surface area contributed by atoms with Crippen molar-refractivity contribution in [2.45, 2.75) is 19.3 Å². The van der Waals surface area contributed by atoms with Crippen LogP contribution in [0.5, 0.6) is 0 Å². The standard InChI is InChI=1S/C21H25FN2O/c1-24-14-2-3-16(15-24)12-13-23-21(25)19-6-4-17(5-7-19)18-8-10-20(22)11-9-18/h4-11,16H,2-3,12-15H2,1H3,(H,23,25)/t16-/m0/s1. The number of carbonyl (C=O) groups excluding carboxylic acids is 1. The normalized spacial score (nSPS) is 18.1. The molecule has 0 radical (unpaired) electrons. The summed E-state index contributed by atoms with van der Waals surface area (Å²) in [5.41, 5.74) is 2.57. The van der Waals surface area contributed by atoms with Crippen molar-refractivity contribution in [2.24, 2.45) is 5.92 Å². The van der Waals surface area contributed by atoms with Crippen LogP contribution >= 0.6 is 0 Å². The lowest BCUT2D eigenvalue weighted by molar-refractivity contribution is 0.0948. The molecule has 0 aliphatic carbocycles. The summed E-state index contributed by atoms with van der Waals surface area (Å²) in [7, 11) is 2.16. The van der Waals surface area contributed by atoms with E-state index in [1.165, 1.54) is 31.5 Å². The molecule has 1 aliphatic rings. The van der Waals surface area contributed by atoms with E-state index in [0.717, 1.165) is 30.6 Å². The molecular formula is C21H25FN2O. The van der Waals surface area contributed by atoms with Gasteiger partial charge in [-0.1, -0.05) is 24.3 Å². The zero-order valence-electron chi connectivity index (χ0n) is 14.7. The third-order valence-corrected chi connectivity index (χ3v) is 4.88. The number of rotatable bonds is 5. The molecule has 0 bridgehead atoms. The predicted molar refractivity (Wildman–Crippen MR) is 99.0 cm³/mol. The van der Waals surface area contributed by atoms with Crippen molar-refractivity contribution in [3.05, 3.63) is 59.9 Å². The highest BCUT2D eigenvalue weighted by molar-refractivity contribution is 5.94. The molecule has 1 aliphatic heterocycles. The van der Waals surface area contributed by atoms with Crippen LogP contribution in [0, 0.1) is 11.7 Å². The monoisotopic (exact) mass is 340 g/mol. The van der Waals surface area contributed by atoms with Crippen molar-refractivity contribution in [3.63, 3.8) is 0 Å². The molecule has 0 aromatic heterocycles. The lowest BCUT2D eigenvalue weighted by Gasteiger charge is -2.29. The van der Waals surface area contributed by atoms with Crippen molar-refractivity contribution in [2.75, 3.05) is 26.7 Å². The van der Waals surface area contributed by atoms with Crippen LogP contribution in [0.1, 0.15) is 29.6 Å². The van der Waals surface area contributed by atoms with E-state index in [0.29, 0.717) is 11.5 Å². The molecule has 4 heteroatoms. The van der Waals surface area contributed by atoms with Gasteiger partial charge in [0.2, 0.25) is 0 Å². The van der Waals surface area contributed by atoms with Crippen LogP contribution in [0.3, 0.4) is 0 Å². The number of likely N-dealkylation sites (tertiary alicyclic amines) is 1. The summed E-state index contributed by atoms with van der Waals surface area (Å²) in [6.07, 6.45) is 3.54. The van der Waals surface area contributed by atoms with Crippen molar-refractivity contribution in [3.8, 4) is 11.1 Å². The molecular weight excluding hydrogens is 315 g/mol. The summed E-state index contributed by atoms with van der Waals surface area (Å²) in [6, 6.07) is 13.8. The molecule has 3 nitrogen and oxygen atoms in total. The van der Waals surface area contributed by atoms with Crippen LogP contribution in [0.15, 0.2) is 48.5 Å². The lowest BCUT2D eigenvalue weighted by atomic mass is 9.95. The second-order valence-corrected chi connectivity index (χ2v) is 6.90. The van der Waals surface area contributed by atoms with Crippen molar-refractivity contribution >= 4 is 5.91 Å². The lowest BCUT2D eigenvalue weighted by Crippen LogP contribution is -2.34. The number of hydrogen-bond acceptors (Lipinski definition) is 2. The summed E-state index contributed by atoms with van der Waals surface area (Å²) in [5.74, 6) is 0.402. The SMILES string of the molecule is CN1CCC[C@@H](CCNC(=O)c2ccc(-c3ccc(F)cc3)cc2)C1. The third kappa shape index (κ3) is 4.89. The molecule has 1 saturated heterocycles. The van der Waals surface area contributed by atoms with Gasteiger partial charge >= 0.3 is 0 Å². The van der Waals surface area contributed by atoms with Crippen molar-refractivity contribution < 1.29 is 9.18 Å². The summed E-state index contributed by atoms with van der Waals surface area (Å²) < 4.78 is 13.0. The molecule has 25 heavy (non-hydrogen) atoms. The minimum Gasteiger partial charge on any atom is -0.352 e. The maximum absolute atomic E-state index is 13.0. The summed E-state index contributed by atoms with van der Waals surface area (Å²) in [4.78, 5) is 14.6. The van der Waals surface area contributed by atoms with Gasteiger partial charge in [-0.2, -0.15) is 0 Å². The summed E-state index contributed by atoms with van der Waals surface area (Å²) in [5, 5.41) is 3.02. The number of nitrogens with zero attached hydrogens (tertiary/aromatic N) is 1. The number of carbonyl (C=O) groups is 1. The van der Waals surface area contributed by atoms with Gasteiger partial charge in [-0.3, -0.25) is 4.79 Å². The third-order valence-electron chi connectivity index (χ3n) is 4.88. The Labute approximate surface area is 148 Å². The largest absolute Gasteiger partial charge is 0.352 e. The number of hydrogen-bond donors (Lipinski definition) is 1. The Morgan fingerprint density at radius 2 is 1.76 bits per heavy atom. The van der Waals surface area contributed by atoms with E-state index in [-0.39, 0.29) is 11.7 Å². The topological polar surface area (TPSA) is 32.3 Å². The number of nitrogens with one attached hydrogen (secondary N) is 1. The molecule has 3 rings (SSSR count). The quantitative estimate of drug-likeness (QED) is 0.894. The zero-order chi connectivity index (χ0) is 17.6. The number of amides is 1. The first-order valence-corrected chi connectivity index (χ1v) is 8.94. The zero-order valence-corrected chi connectivity index (χ0v) is 14.7. The van der Waals surface area contributed by atoms with Crippen LogP contribution in [0.25, 0.3) is 11.1 Å². The first kappa shape index (κ1) is 17.6. The van der Waals surface area contributed by atoms with Crippen LogP contribution in [0.4, 0.5) is 4.39 Å². The fourth-order valence-electron chi connectivity index (χ4n) is 3.46. The minimum absolute atomic E-state index is 0.0326. The Balaban J connectivity index is 1.51. The molecule has 1 fully saturated rings. The highest BCUT2D eigenvalue weighted by Gasteiger charge is 2.17. The van der Waals surface area contributed by atoms with Crippen LogP contribution < -0.4 is 5.32 Å². The van der Waals surface area contributed by atoms with E-state index < -0.39 is 0 Å². The molecule has 1 atom stereocenters. The fraction of sp³-hybridized carbons (Fsp3) is 0.381. The van der Waals surface area contributed by atoms with Gasteiger partial charge in [-0.05, 0) is 74.2 Å². The first-order valence-electron chi connectivity index (χ1n) is 8.94. The maximum atomic E-state index is 13.0. The Morgan fingerprint density at radius 1 is 1.12 bits per heavy atom. The molecule has 1 N–H and O–H groups in total. The Hall–Kier alpha value is -2.20. The molecule has 2 aromatic carbocycles. The van der Waals surface area contributed by atoms with Gasteiger partial charge in [0.15, 0.2) is 0 Å². The van der Waals surface area contributed by atoms with E-state index in [4.69, 9.17) is 0 Å². The van der Waals surface area contributed by atoms with E-state index in [2.05, 4.69) is 17.3 Å². The van der Waals surface area contributed by atoms with Crippen LogP contribution in [0.2, 0.25) is 0 Å². The smallest absolute Gasteiger partial charge is 0.251 e. The molecule has 1 amide bonds. The average Bonchev–Trinajstić information content (AvgIpc) is 2.62. The van der Waals surface area contributed by atoms with E-state index in [9.17, 15) is 9.18 Å². The van der Waals surface area contributed by atoms with Gasteiger partial charge in [0.05, 0.1) is 0 Å². The van der Waals surface area contributed by atoms with Gasteiger partial charge in [-0.25, -0.2) is 4.39 Å². The van der Waals surface area contributed by atoms with Crippen molar-refractivity contribution in [1.29, 1.82) is 0 Å². The first-order chi connectivity index (χ1) is 12.1. The van der Waals surface area contributed by atoms with Gasteiger partial charge < -0.3 is 10.2 Å². The molecule has 0 saturated carbocycles. The maximum Gasteiger partial charge on any atom is 0.251 e. The number of benzene rings is 2. The molecule has 1 heterocycles. The number of piperidine rings is 1. The van der Waals surface area contributed by atoms with E-state index >= 15 is 0 Å². The average molecular weight is 340 g/mol. The van der Waals surface area contributed by atoms with Crippen LogP contribution in [-0.4, -0.2) is 37.5 Å². The van der Waals surface area contributed by atoms with Gasteiger partial charge in [-0.15, -0.1) is 0 Å². The Bertz CT molecular complexity index is 697. The molecule has 132 valence electrons. The Kier molecular flexibility index (Phi) is 5.82. The van der Waals surface area contributed by atoms with E-state index in [1.54, 1.807) is 12.1 Å². The van der Waals surface area contributed by atoms with Crippen molar-refractivity contribution in [1.82, 2.24) is 10.2 Å². The van der Waals surface area contributed by atoms with Gasteiger partial charge in [0.25, 0.3) is 5.91 Å². The van der Waals surface area contributed by atoms with E-state index in [1.807, 2.05) is 24.3 Å². The fourth-order valence-corrected chi connectivity index (χ4v) is 3.46. The minimum atomic E-state index is -0.246. The van der Waals surface area contributed by atoms with Gasteiger partial charge in [0.1, 0.15) is 5.82 Å². The summed E-state index contributed by atoms with van der Waals surface area (Å²) in [6.45, 7) is 3.03. The molecule has 0 spiro atoms. The van der Waals surface area contributed by atoms with Crippen LogP contribution in [-0.2, 0) is 0 Å². The second kappa shape index (κ2) is 8.26. The molecule has 2 aromatic rings. The highest BCUT2D eigenvalue weighted by Crippen LogP contribution is 2.20.